The van der Waals surface area contributed by atoms with Gasteiger partial charge in [-0.15, -0.1) is 11.3 Å². The van der Waals surface area contributed by atoms with Gasteiger partial charge in [0.1, 0.15) is 5.75 Å². The van der Waals surface area contributed by atoms with Gasteiger partial charge in [0.2, 0.25) is 0 Å². The Hall–Kier alpha value is -0.910. The average molecular weight is 390 g/mol. The van der Waals surface area contributed by atoms with Crippen molar-refractivity contribution in [1.82, 2.24) is 0 Å². The Kier molecular flexibility index (Phi) is 4.62. The van der Waals surface area contributed by atoms with Gasteiger partial charge in [0.05, 0.1) is 30.0 Å². The van der Waals surface area contributed by atoms with E-state index in [9.17, 15) is 0 Å². The zero-order valence-electron chi connectivity index (χ0n) is 11.4. The summed E-state index contributed by atoms with van der Waals surface area (Å²) < 4.78 is 16.8. The van der Waals surface area contributed by atoms with E-state index >= 15 is 0 Å². The van der Waals surface area contributed by atoms with Gasteiger partial charge in [-0.3, -0.25) is 0 Å². The average Bonchev–Trinajstić information content (AvgIpc) is 2.85. The molecule has 0 aliphatic carbocycles. The zero-order chi connectivity index (χ0) is 14.8. The Bertz CT molecular complexity index is 644. The number of methoxy groups -OCH3 is 1. The molecule has 1 aromatic heterocycles. The lowest BCUT2D eigenvalue weighted by molar-refractivity contribution is 0.297. The number of ether oxygens (including phenoxy) is 3. The number of thiophene rings is 1. The van der Waals surface area contributed by atoms with Crippen molar-refractivity contribution >= 4 is 38.9 Å². The highest BCUT2D eigenvalue weighted by atomic mass is 79.9. The lowest BCUT2D eigenvalue weighted by Gasteiger charge is -2.15. The van der Waals surface area contributed by atoms with Crippen molar-refractivity contribution in [3.63, 3.8) is 0 Å². The fraction of sp³-hybridized carbons (Fsp3) is 0.333. The van der Waals surface area contributed by atoms with E-state index in [0.717, 1.165) is 28.4 Å². The summed E-state index contributed by atoms with van der Waals surface area (Å²) in [7, 11) is 1.67. The van der Waals surface area contributed by atoms with Crippen molar-refractivity contribution in [2.75, 3.05) is 20.3 Å². The summed E-state index contributed by atoms with van der Waals surface area (Å²) in [6.45, 7) is 1.31. The lowest BCUT2D eigenvalue weighted by Crippen LogP contribution is -1.98. The number of benzene rings is 1. The predicted octanol–water partition coefficient (Wildman–Crippen LogP) is 5.06. The summed E-state index contributed by atoms with van der Waals surface area (Å²) in [6, 6.07) is 5.72. The minimum atomic E-state index is -0.0443. The van der Waals surface area contributed by atoms with Crippen molar-refractivity contribution < 1.29 is 14.2 Å². The first kappa shape index (κ1) is 15.0. The molecule has 1 atom stereocenters. The quantitative estimate of drug-likeness (QED) is 0.687. The molecule has 2 aromatic rings. The molecule has 0 bridgehead atoms. The van der Waals surface area contributed by atoms with Crippen LogP contribution >= 0.6 is 38.9 Å². The van der Waals surface area contributed by atoms with Gasteiger partial charge in [-0.25, -0.2) is 0 Å². The summed E-state index contributed by atoms with van der Waals surface area (Å²) in [4.78, 5) is 1.03. The molecule has 0 N–H and O–H groups in total. The van der Waals surface area contributed by atoms with Crippen LogP contribution in [0.3, 0.4) is 0 Å². The topological polar surface area (TPSA) is 27.7 Å². The molecule has 1 aliphatic heterocycles. The Balaban J connectivity index is 2.00. The maximum absolute atomic E-state index is 6.42. The van der Waals surface area contributed by atoms with Gasteiger partial charge in [-0.2, -0.15) is 0 Å². The van der Waals surface area contributed by atoms with E-state index in [0.29, 0.717) is 24.0 Å². The minimum Gasteiger partial charge on any atom is -0.496 e. The monoisotopic (exact) mass is 388 g/mol. The third-order valence-electron chi connectivity index (χ3n) is 3.25. The van der Waals surface area contributed by atoms with Crippen molar-refractivity contribution in [3.8, 4) is 17.2 Å². The number of hydrogen-bond donors (Lipinski definition) is 0. The summed E-state index contributed by atoms with van der Waals surface area (Å²) >= 11 is 11.8. The first-order chi connectivity index (χ1) is 10.2. The number of hydrogen-bond acceptors (Lipinski definition) is 4. The molecule has 3 rings (SSSR count). The molecule has 3 nitrogen and oxygen atoms in total. The highest BCUT2D eigenvalue weighted by Gasteiger charge is 2.22. The summed E-state index contributed by atoms with van der Waals surface area (Å²) in [5, 5.41) is 2.65. The van der Waals surface area contributed by atoms with Gasteiger partial charge < -0.3 is 14.2 Å². The molecule has 0 radical (unpaired) electrons. The third kappa shape index (κ3) is 3.00. The zero-order valence-corrected chi connectivity index (χ0v) is 14.6. The molecule has 6 heteroatoms. The van der Waals surface area contributed by atoms with Crippen LogP contribution in [0.5, 0.6) is 17.2 Å². The SMILES string of the molecule is COc1ccsc1C(Br)c1cc2c(cc1Cl)OCCCO2. The van der Waals surface area contributed by atoms with E-state index in [1.165, 1.54) is 0 Å². The van der Waals surface area contributed by atoms with Crippen LogP contribution in [0.25, 0.3) is 0 Å². The van der Waals surface area contributed by atoms with E-state index < -0.39 is 0 Å². The van der Waals surface area contributed by atoms with E-state index in [2.05, 4.69) is 15.9 Å². The number of rotatable bonds is 3. The fourth-order valence-electron chi connectivity index (χ4n) is 2.20. The van der Waals surface area contributed by atoms with Crippen LogP contribution in [0.1, 0.15) is 21.7 Å². The Labute approximate surface area is 140 Å². The van der Waals surface area contributed by atoms with Gasteiger partial charge in [0.15, 0.2) is 11.5 Å². The van der Waals surface area contributed by atoms with Crippen molar-refractivity contribution in [1.29, 1.82) is 0 Å². The standard InChI is InChI=1S/C15H14BrClO3S/c1-18-11-3-6-21-15(11)14(16)9-7-12-13(8-10(9)17)20-5-2-4-19-12/h3,6-8,14H,2,4-5H2,1H3. The lowest BCUT2D eigenvalue weighted by atomic mass is 10.1. The maximum Gasteiger partial charge on any atom is 0.162 e. The highest BCUT2D eigenvalue weighted by molar-refractivity contribution is 9.09. The normalized spacial score (nSPS) is 15.4. The molecular weight excluding hydrogens is 376 g/mol. The van der Waals surface area contributed by atoms with E-state index in [4.69, 9.17) is 25.8 Å². The number of fused-ring (bicyclic) bond motifs is 1. The number of alkyl halides is 1. The Morgan fingerprint density at radius 2 is 2.00 bits per heavy atom. The third-order valence-corrected chi connectivity index (χ3v) is 5.79. The van der Waals surface area contributed by atoms with Crippen LogP contribution in [0.15, 0.2) is 23.6 Å². The van der Waals surface area contributed by atoms with Crippen molar-refractivity contribution in [2.45, 2.75) is 11.2 Å². The minimum absolute atomic E-state index is 0.0443. The van der Waals surface area contributed by atoms with Gasteiger partial charge in [0.25, 0.3) is 0 Å². The van der Waals surface area contributed by atoms with Crippen molar-refractivity contribution in [2.24, 2.45) is 0 Å². The summed E-state index contributed by atoms with van der Waals surface area (Å²) in [5.41, 5.74) is 0.946. The van der Waals surface area contributed by atoms with Crippen LogP contribution in [-0.4, -0.2) is 20.3 Å². The largest absolute Gasteiger partial charge is 0.496 e. The molecule has 112 valence electrons. The first-order valence-electron chi connectivity index (χ1n) is 6.55. The van der Waals surface area contributed by atoms with Crippen LogP contribution in [-0.2, 0) is 0 Å². The van der Waals surface area contributed by atoms with Gasteiger partial charge in [-0.1, -0.05) is 27.5 Å². The molecule has 21 heavy (non-hydrogen) atoms. The first-order valence-corrected chi connectivity index (χ1v) is 8.72. The second kappa shape index (κ2) is 6.46. The molecular formula is C15H14BrClO3S. The molecule has 0 fully saturated rings. The maximum atomic E-state index is 6.42. The molecule has 0 saturated carbocycles. The summed E-state index contributed by atoms with van der Waals surface area (Å²) in [6.07, 6.45) is 0.873. The van der Waals surface area contributed by atoms with Gasteiger partial charge in [0, 0.05) is 17.5 Å². The number of halogens is 2. The fourth-order valence-corrected chi connectivity index (χ4v) is 4.37. The van der Waals surface area contributed by atoms with E-state index in [-0.39, 0.29) is 4.83 Å². The van der Waals surface area contributed by atoms with Gasteiger partial charge in [-0.05, 0) is 23.1 Å². The van der Waals surface area contributed by atoms with E-state index in [1.54, 1.807) is 18.4 Å². The smallest absolute Gasteiger partial charge is 0.162 e. The molecule has 1 unspecified atom stereocenters. The Morgan fingerprint density at radius 3 is 2.71 bits per heavy atom. The second-order valence-corrected chi connectivity index (χ2v) is 6.86. The highest BCUT2D eigenvalue weighted by Crippen LogP contribution is 2.46. The van der Waals surface area contributed by atoms with Crippen molar-refractivity contribution in [3.05, 3.63) is 39.0 Å². The molecule has 1 aliphatic rings. The second-order valence-electron chi connectivity index (χ2n) is 4.59. The van der Waals surface area contributed by atoms with Crippen LogP contribution in [0.2, 0.25) is 5.02 Å². The van der Waals surface area contributed by atoms with Crippen LogP contribution in [0.4, 0.5) is 0 Å². The molecule has 2 heterocycles. The summed E-state index contributed by atoms with van der Waals surface area (Å²) in [5.74, 6) is 2.30. The van der Waals surface area contributed by atoms with Gasteiger partial charge >= 0.3 is 0 Å². The Morgan fingerprint density at radius 1 is 1.29 bits per heavy atom. The van der Waals surface area contributed by atoms with E-state index in [1.807, 2.05) is 23.6 Å². The molecule has 0 saturated heterocycles. The van der Waals surface area contributed by atoms with Crippen LogP contribution in [0, 0.1) is 0 Å². The molecule has 1 aromatic carbocycles. The predicted molar refractivity (Wildman–Crippen MR) is 88.7 cm³/mol. The van der Waals surface area contributed by atoms with Crippen LogP contribution < -0.4 is 14.2 Å². The molecule has 0 spiro atoms. The molecule has 0 amide bonds.